The van der Waals surface area contributed by atoms with Crippen LogP contribution in [-0.2, 0) is 14.3 Å². The van der Waals surface area contributed by atoms with Crippen LogP contribution in [0.1, 0.15) is 24.2 Å². The first-order valence-corrected chi connectivity index (χ1v) is 7.81. The Balaban J connectivity index is 1.93. The Kier molecular flexibility index (Phi) is 5.42. The third-order valence-corrected chi connectivity index (χ3v) is 3.83. The molecule has 0 saturated carbocycles. The number of rotatable bonds is 3. The van der Waals surface area contributed by atoms with Crippen LogP contribution < -0.4 is 5.73 Å². The number of hydrogen-bond acceptors (Lipinski definition) is 5. The minimum atomic E-state index is -0.610. The number of nitrogens with two attached hydrogens (primary N) is 1. The van der Waals surface area contributed by atoms with Gasteiger partial charge >= 0.3 is 5.97 Å². The van der Waals surface area contributed by atoms with Crippen molar-refractivity contribution in [1.82, 2.24) is 4.90 Å². The van der Waals surface area contributed by atoms with E-state index in [1.807, 2.05) is 13.8 Å². The van der Waals surface area contributed by atoms with Crippen molar-refractivity contribution in [3.63, 3.8) is 0 Å². The third-order valence-electron chi connectivity index (χ3n) is 3.33. The van der Waals surface area contributed by atoms with Crippen molar-refractivity contribution in [3.05, 3.63) is 28.2 Å². The number of anilines is 1. The van der Waals surface area contributed by atoms with Crippen molar-refractivity contribution in [1.29, 1.82) is 0 Å². The fraction of sp³-hybridized carbons (Fsp3) is 0.467. The van der Waals surface area contributed by atoms with E-state index < -0.39 is 5.97 Å². The van der Waals surface area contributed by atoms with Gasteiger partial charge in [0.15, 0.2) is 6.61 Å². The van der Waals surface area contributed by atoms with E-state index in [-0.39, 0.29) is 30.3 Å². The Bertz CT molecular complexity index is 569. The van der Waals surface area contributed by atoms with Crippen LogP contribution in [0.5, 0.6) is 0 Å². The van der Waals surface area contributed by atoms with E-state index >= 15 is 0 Å². The topological polar surface area (TPSA) is 81.9 Å². The quantitative estimate of drug-likeness (QED) is 0.648. The Morgan fingerprint density at radius 2 is 2.00 bits per heavy atom. The van der Waals surface area contributed by atoms with Crippen LogP contribution in [0.2, 0.25) is 0 Å². The molecule has 0 aromatic heterocycles. The van der Waals surface area contributed by atoms with Crippen LogP contribution in [-0.4, -0.2) is 48.7 Å². The maximum absolute atomic E-state index is 12.1. The zero-order chi connectivity index (χ0) is 16.3. The van der Waals surface area contributed by atoms with Crippen molar-refractivity contribution in [2.45, 2.75) is 26.1 Å². The van der Waals surface area contributed by atoms with Crippen molar-refractivity contribution < 1.29 is 19.1 Å². The van der Waals surface area contributed by atoms with Crippen LogP contribution in [0, 0.1) is 0 Å². The molecule has 2 atom stereocenters. The monoisotopic (exact) mass is 370 g/mol. The average Bonchev–Trinajstić information content (AvgIpc) is 2.45. The number of nitrogens with zero attached hydrogens (tertiary/aromatic N) is 1. The second-order valence-electron chi connectivity index (χ2n) is 5.36. The zero-order valence-electron chi connectivity index (χ0n) is 12.5. The highest BCUT2D eigenvalue weighted by Crippen LogP contribution is 2.19. The summed E-state index contributed by atoms with van der Waals surface area (Å²) in [6, 6.07) is 4.91. The molecule has 22 heavy (non-hydrogen) atoms. The first-order chi connectivity index (χ1) is 10.4. The van der Waals surface area contributed by atoms with E-state index in [0.717, 1.165) is 4.47 Å². The van der Waals surface area contributed by atoms with Gasteiger partial charge in [0.25, 0.3) is 5.91 Å². The summed E-state index contributed by atoms with van der Waals surface area (Å²) in [6.07, 6.45) is -0.0479. The highest BCUT2D eigenvalue weighted by atomic mass is 79.9. The fourth-order valence-electron chi connectivity index (χ4n) is 2.38. The molecule has 0 aliphatic carbocycles. The predicted octanol–water partition coefficient (Wildman–Crippen LogP) is 1.82. The highest BCUT2D eigenvalue weighted by Gasteiger charge is 2.26. The molecule has 1 heterocycles. The number of esters is 1. The van der Waals surface area contributed by atoms with Gasteiger partial charge in [-0.2, -0.15) is 0 Å². The lowest BCUT2D eigenvalue weighted by Gasteiger charge is -2.35. The zero-order valence-corrected chi connectivity index (χ0v) is 14.1. The van der Waals surface area contributed by atoms with E-state index in [4.69, 9.17) is 15.2 Å². The lowest BCUT2D eigenvalue weighted by molar-refractivity contribution is -0.146. The molecule has 120 valence electrons. The van der Waals surface area contributed by atoms with E-state index in [9.17, 15) is 9.59 Å². The molecule has 6 nitrogen and oxygen atoms in total. The maximum Gasteiger partial charge on any atom is 0.340 e. The van der Waals surface area contributed by atoms with Crippen LogP contribution in [0.4, 0.5) is 5.69 Å². The summed E-state index contributed by atoms with van der Waals surface area (Å²) in [5, 5.41) is 0. The number of carbonyl (C=O) groups is 2. The Hall–Kier alpha value is -1.60. The Morgan fingerprint density at radius 3 is 2.64 bits per heavy atom. The second-order valence-corrected chi connectivity index (χ2v) is 6.28. The van der Waals surface area contributed by atoms with Crippen LogP contribution in [0.15, 0.2) is 22.7 Å². The maximum atomic E-state index is 12.1. The molecule has 1 aliphatic rings. The molecule has 0 spiro atoms. The van der Waals surface area contributed by atoms with E-state index in [0.29, 0.717) is 18.8 Å². The molecule has 1 amide bonds. The highest BCUT2D eigenvalue weighted by molar-refractivity contribution is 9.10. The average molecular weight is 371 g/mol. The van der Waals surface area contributed by atoms with Gasteiger partial charge in [0.1, 0.15) is 0 Å². The number of amides is 1. The number of morpholine rings is 1. The van der Waals surface area contributed by atoms with E-state index in [1.54, 1.807) is 23.1 Å². The van der Waals surface area contributed by atoms with Gasteiger partial charge in [0.2, 0.25) is 0 Å². The lowest BCUT2D eigenvalue weighted by Crippen LogP contribution is -2.49. The van der Waals surface area contributed by atoms with Gasteiger partial charge in [-0.3, -0.25) is 4.79 Å². The summed E-state index contributed by atoms with van der Waals surface area (Å²) in [6.45, 7) is 4.51. The number of ether oxygens (including phenoxy) is 2. The normalized spacial score (nSPS) is 21.5. The molecule has 1 saturated heterocycles. The first kappa shape index (κ1) is 16.8. The molecule has 1 fully saturated rings. The summed E-state index contributed by atoms with van der Waals surface area (Å²) in [4.78, 5) is 25.8. The minimum absolute atomic E-state index is 0.0240. The van der Waals surface area contributed by atoms with Crippen molar-refractivity contribution >= 4 is 33.5 Å². The summed E-state index contributed by atoms with van der Waals surface area (Å²) >= 11 is 3.27. The van der Waals surface area contributed by atoms with Crippen molar-refractivity contribution in [3.8, 4) is 0 Å². The molecule has 2 N–H and O–H groups in total. The van der Waals surface area contributed by atoms with Gasteiger partial charge in [-0.15, -0.1) is 0 Å². The summed E-state index contributed by atoms with van der Waals surface area (Å²) < 4.78 is 11.4. The number of benzene rings is 1. The smallest absolute Gasteiger partial charge is 0.340 e. The molecule has 0 unspecified atom stereocenters. The Morgan fingerprint density at radius 1 is 1.36 bits per heavy atom. The van der Waals surface area contributed by atoms with Gasteiger partial charge in [-0.05, 0) is 32.0 Å². The first-order valence-electron chi connectivity index (χ1n) is 7.02. The van der Waals surface area contributed by atoms with E-state index in [2.05, 4.69) is 15.9 Å². The minimum Gasteiger partial charge on any atom is -0.452 e. The number of halogens is 1. The molecule has 0 bridgehead atoms. The van der Waals surface area contributed by atoms with Gasteiger partial charge < -0.3 is 20.1 Å². The molecule has 2 rings (SSSR count). The van der Waals surface area contributed by atoms with Crippen molar-refractivity contribution in [2.24, 2.45) is 0 Å². The SMILES string of the molecule is C[C@@H]1CN(C(=O)COC(=O)c2cc(Br)ccc2N)C[C@H](C)O1. The fourth-order valence-corrected chi connectivity index (χ4v) is 2.74. The van der Waals surface area contributed by atoms with Crippen LogP contribution in [0.3, 0.4) is 0 Å². The second kappa shape index (κ2) is 7.11. The number of nitrogen functional groups attached to an aromatic ring is 1. The van der Waals surface area contributed by atoms with Crippen LogP contribution in [0.25, 0.3) is 0 Å². The van der Waals surface area contributed by atoms with Gasteiger partial charge in [0.05, 0.1) is 17.8 Å². The molecular formula is C15H19BrN2O4. The molecule has 1 aromatic rings. The predicted molar refractivity (Wildman–Crippen MR) is 85.4 cm³/mol. The molecular weight excluding hydrogens is 352 g/mol. The number of hydrogen-bond donors (Lipinski definition) is 1. The molecule has 1 aromatic carbocycles. The van der Waals surface area contributed by atoms with Crippen molar-refractivity contribution in [2.75, 3.05) is 25.4 Å². The molecule has 1 aliphatic heterocycles. The summed E-state index contributed by atoms with van der Waals surface area (Å²) in [5.41, 5.74) is 6.30. The third kappa shape index (κ3) is 4.20. The molecule has 7 heteroatoms. The largest absolute Gasteiger partial charge is 0.452 e. The Labute approximate surface area is 137 Å². The van der Waals surface area contributed by atoms with E-state index in [1.165, 1.54) is 0 Å². The molecule has 0 radical (unpaired) electrons. The standard InChI is InChI=1S/C15H19BrN2O4/c1-9-6-18(7-10(2)22-9)14(19)8-21-15(20)12-5-11(16)3-4-13(12)17/h3-5,9-10H,6-8,17H2,1-2H3/t9-,10+. The summed E-state index contributed by atoms with van der Waals surface area (Å²) in [7, 11) is 0. The number of carbonyl (C=O) groups excluding carboxylic acids is 2. The van der Waals surface area contributed by atoms with Crippen LogP contribution >= 0.6 is 15.9 Å². The van der Waals surface area contributed by atoms with Gasteiger partial charge in [0, 0.05) is 23.2 Å². The lowest BCUT2D eigenvalue weighted by atomic mass is 10.2. The van der Waals surface area contributed by atoms with Gasteiger partial charge in [-0.1, -0.05) is 15.9 Å². The van der Waals surface area contributed by atoms with Gasteiger partial charge in [-0.25, -0.2) is 4.79 Å². The summed E-state index contributed by atoms with van der Waals surface area (Å²) in [5.74, 6) is -0.842.